The van der Waals surface area contributed by atoms with E-state index in [0.717, 1.165) is 28.5 Å². The fraction of sp³-hybridized carbons (Fsp3) is 0.250. The number of carbonyl (C=O) groups is 1. The summed E-state index contributed by atoms with van der Waals surface area (Å²) in [4.78, 5) is 10.4. The van der Waals surface area contributed by atoms with Crippen molar-refractivity contribution in [1.29, 1.82) is 0 Å². The third kappa shape index (κ3) is 2.70. The van der Waals surface area contributed by atoms with Crippen molar-refractivity contribution in [2.24, 2.45) is 0 Å². The zero-order valence-electron chi connectivity index (χ0n) is 10.0. The Kier molecular flexibility index (Phi) is 3.66. The number of aliphatic carboxylic acids is 1. The molecule has 5 nitrogen and oxygen atoms in total. The zero-order chi connectivity index (χ0) is 13.1. The highest BCUT2D eigenvalue weighted by atomic mass is 32.2. The Bertz CT molecular complexity index is 580. The van der Waals surface area contributed by atoms with Crippen LogP contribution in [-0.4, -0.2) is 27.0 Å². The minimum absolute atomic E-state index is 0.0889. The predicted molar refractivity (Wildman–Crippen MR) is 67.6 cm³/mol. The lowest BCUT2D eigenvalue weighted by atomic mass is 10.0. The van der Waals surface area contributed by atoms with Crippen molar-refractivity contribution in [3.8, 4) is 11.5 Å². The molecule has 94 valence electrons. The molecule has 0 fully saturated rings. The molecule has 6 heteroatoms. The van der Waals surface area contributed by atoms with Crippen LogP contribution in [0, 0.1) is 13.8 Å². The van der Waals surface area contributed by atoms with Crippen molar-refractivity contribution in [1.82, 2.24) is 10.2 Å². The fourth-order valence-electron chi connectivity index (χ4n) is 1.48. The Balaban J connectivity index is 2.24. The lowest BCUT2D eigenvalue weighted by molar-refractivity contribution is -0.133. The van der Waals surface area contributed by atoms with Crippen LogP contribution >= 0.6 is 11.8 Å². The molecule has 0 saturated carbocycles. The van der Waals surface area contributed by atoms with E-state index in [0.29, 0.717) is 5.89 Å². The van der Waals surface area contributed by atoms with Crippen LogP contribution in [0.1, 0.15) is 11.1 Å². The minimum atomic E-state index is -0.911. The predicted octanol–water partition coefficient (Wildman–Crippen LogP) is 2.53. The van der Waals surface area contributed by atoms with Crippen LogP contribution in [0.25, 0.3) is 11.5 Å². The highest BCUT2D eigenvalue weighted by Crippen LogP contribution is 2.26. The van der Waals surface area contributed by atoms with Gasteiger partial charge in [-0.15, -0.1) is 10.2 Å². The van der Waals surface area contributed by atoms with Gasteiger partial charge in [0.25, 0.3) is 5.22 Å². The largest absolute Gasteiger partial charge is 0.481 e. The molecule has 0 atom stereocenters. The first-order chi connectivity index (χ1) is 8.58. The Morgan fingerprint density at radius 2 is 2.17 bits per heavy atom. The molecule has 2 rings (SSSR count). The lowest BCUT2D eigenvalue weighted by Crippen LogP contribution is -1.97. The molecule has 1 aromatic carbocycles. The summed E-state index contributed by atoms with van der Waals surface area (Å²) < 4.78 is 5.43. The summed E-state index contributed by atoms with van der Waals surface area (Å²) >= 11 is 1.01. The molecule has 1 aromatic heterocycles. The van der Waals surface area contributed by atoms with Gasteiger partial charge in [0, 0.05) is 5.56 Å². The van der Waals surface area contributed by atoms with Gasteiger partial charge in [0.2, 0.25) is 5.89 Å². The normalized spacial score (nSPS) is 10.6. The van der Waals surface area contributed by atoms with Gasteiger partial charge in [0.05, 0.1) is 0 Å². The summed E-state index contributed by atoms with van der Waals surface area (Å²) in [5.41, 5.74) is 3.10. The molecule has 0 amide bonds. The Hall–Kier alpha value is -1.82. The van der Waals surface area contributed by atoms with E-state index in [1.54, 1.807) is 0 Å². The van der Waals surface area contributed by atoms with E-state index in [9.17, 15) is 4.79 Å². The van der Waals surface area contributed by atoms with Gasteiger partial charge in [-0.1, -0.05) is 23.9 Å². The summed E-state index contributed by atoms with van der Waals surface area (Å²) in [7, 11) is 0. The first kappa shape index (κ1) is 12.6. The smallest absolute Gasteiger partial charge is 0.314 e. The molecule has 0 aliphatic heterocycles. The molecule has 0 saturated heterocycles. The second kappa shape index (κ2) is 5.22. The van der Waals surface area contributed by atoms with Gasteiger partial charge in [0.1, 0.15) is 5.75 Å². The van der Waals surface area contributed by atoms with E-state index >= 15 is 0 Å². The number of hydrogen-bond donors (Lipinski definition) is 1. The maximum absolute atomic E-state index is 10.4. The number of nitrogens with zero attached hydrogens (tertiary/aromatic N) is 2. The average Bonchev–Trinajstić information content (AvgIpc) is 2.78. The van der Waals surface area contributed by atoms with E-state index in [-0.39, 0.29) is 11.0 Å². The number of carboxylic acids is 1. The highest BCUT2D eigenvalue weighted by molar-refractivity contribution is 7.99. The van der Waals surface area contributed by atoms with Crippen molar-refractivity contribution in [2.75, 3.05) is 5.75 Å². The van der Waals surface area contributed by atoms with E-state index in [1.165, 1.54) is 0 Å². The quantitative estimate of drug-likeness (QED) is 0.855. The van der Waals surface area contributed by atoms with Crippen LogP contribution in [0.2, 0.25) is 0 Å². The van der Waals surface area contributed by atoms with E-state index in [4.69, 9.17) is 9.52 Å². The van der Waals surface area contributed by atoms with Crippen LogP contribution in [0.3, 0.4) is 0 Å². The van der Waals surface area contributed by atoms with Gasteiger partial charge >= 0.3 is 5.97 Å². The maximum atomic E-state index is 10.4. The molecule has 0 aliphatic carbocycles. The van der Waals surface area contributed by atoms with Crippen LogP contribution < -0.4 is 0 Å². The van der Waals surface area contributed by atoms with Crippen molar-refractivity contribution >= 4 is 17.7 Å². The topological polar surface area (TPSA) is 76.2 Å². The van der Waals surface area contributed by atoms with Crippen LogP contribution in [-0.2, 0) is 4.79 Å². The Morgan fingerprint density at radius 1 is 1.39 bits per heavy atom. The minimum Gasteiger partial charge on any atom is -0.481 e. The van der Waals surface area contributed by atoms with Gasteiger partial charge in [-0.2, -0.15) is 0 Å². The van der Waals surface area contributed by atoms with Crippen molar-refractivity contribution in [3.05, 3.63) is 29.3 Å². The third-order valence-electron chi connectivity index (χ3n) is 2.56. The first-order valence-electron chi connectivity index (χ1n) is 5.32. The first-order valence-corrected chi connectivity index (χ1v) is 6.31. The molecule has 0 radical (unpaired) electrons. The van der Waals surface area contributed by atoms with E-state index in [2.05, 4.69) is 10.2 Å². The molecule has 18 heavy (non-hydrogen) atoms. The summed E-state index contributed by atoms with van der Waals surface area (Å²) in [6.45, 7) is 3.99. The average molecular weight is 264 g/mol. The number of carboxylic acid groups (broad SMARTS) is 1. The van der Waals surface area contributed by atoms with Crippen molar-refractivity contribution < 1.29 is 14.3 Å². The molecule has 0 bridgehead atoms. The zero-order valence-corrected chi connectivity index (χ0v) is 10.8. The SMILES string of the molecule is Cc1cccc(-c2nnc(SCC(=O)O)o2)c1C. The van der Waals surface area contributed by atoms with Crippen LogP contribution in [0.5, 0.6) is 0 Å². The maximum Gasteiger partial charge on any atom is 0.314 e. The number of rotatable bonds is 4. The summed E-state index contributed by atoms with van der Waals surface area (Å²) in [5, 5.41) is 16.6. The van der Waals surface area contributed by atoms with Gasteiger partial charge in [0.15, 0.2) is 0 Å². The number of aromatic nitrogens is 2. The molecule has 1 N–H and O–H groups in total. The molecule has 0 unspecified atom stereocenters. The summed E-state index contributed by atoms with van der Waals surface area (Å²) in [6, 6.07) is 5.84. The summed E-state index contributed by atoms with van der Waals surface area (Å²) in [5.74, 6) is -0.579. The molecular formula is C12H12N2O3S. The molecular weight excluding hydrogens is 252 g/mol. The third-order valence-corrected chi connectivity index (χ3v) is 3.36. The van der Waals surface area contributed by atoms with Crippen LogP contribution in [0.15, 0.2) is 27.8 Å². The van der Waals surface area contributed by atoms with Crippen molar-refractivity contribution in [3.63, 3.8) is 0 Å². The molecule has 1 heterocycles. The monoisotopic (exact) mass is 264 g/mol. The van der Waals surface area contributed by atoms with Gasteiger partial charge < -0.3 is 9.52 Å². The Labute approximate surface area is 108 Å². The van der Waals surface area contributed by atoms with E-state index < -0.39 is 5.97 Å². The lowest BCUT2D eigenvalue weighted by Gasteiger charge is -2.03. The second-order valence-electron chi connectivity index (χ2n) is 3.80. The molecule has 0 spiro atoms. The molecule has 0 aliphatic rings. The van der Waals surface area contributed by atoms with Gasteiger partial charge in [-0.05, 0) is 31.0 Å². The van der Waals surface area contributed by atoms with E-state index in [1.807, 2.05) is 32.0 Å². The number of hydrogen-bond acceptors (Lipinski definition) is 5. The van der Waals surface area contributed by atoms with Crippen LogP contribution in [0.4, 0.5) is 0 Å². The number of benzene rings is 1. The van der Waals surface area contributed by atoms with Gasteiger partial charge in [-0.3, -0.25) is 4.79 Å². The summed E-state index contributed by atoms with van der Waals surface area (Å²) in [6.07, 6.45) is 0. The number of aryl methyl sites for hydroxylation is 1. The Morgan fingerprint density at radius 3 is 2.89 bits per heavy atom. The second-order valence-corrected chi connectivity index (χ2v) is 4.73. The van der Waals surface area contributed by atoms with Crippen molar-refractivity contribution in [2.45, 2.75) is 19.1 Å². The highest BCUT2D eigenvalue weighted by Gasteiger charge is 2.12. The molecule has 2 aromatic rings. The fourth-order valence-corrected chi connectivity index (χ4v) is 1.97. The standard InChI is InChI=1S/C12H12N2O3S/c1-7-4-3-5-9(8(7)2)11-13-14-12(17-11)18-6-10(15)16/h3-5H,6H2,1-2H3,(H,15,16). The van der Waals surface area contributed by atoms with Gasteiger partial charge in [-0.25, -0.2) is 0 Å². The number of thioether (sulfide) groups is 1.